The lowest BCUT2D eigenvalue weighted by atomic mass is 10.2. The minimum absolute atomic E-state index is 0.693. The Morgan fingerprint density at radius 2 is 1.95 bits per heavy atom. The SMILES string of the molecule is Cc1ccc(Nc2ncnc3cc(N)ccc23)c(Br)c1. The standard InChI is InChI=1S/C15H13BrN4/c1-9-2-5-13(12(16)6-9)20-15-11-4-3-10(17)7-14(11)18-8-19-15/h2-8H,17H2,1H3,(H,18,19,20). The fourth-order valence-electron chi connectivity index (χ4n) is 2.02. The lowest BCUT2D eigenvalue weighted by molar-refractivity contribution is 1.22. The van der Waals surface area contributed by atoms with Gasteiger partial charge in [-0.05, 0) is 58.7 Å². The van der Waals surface area contributed by atoms with Gasteiger partial charge in [0.2, 0.25) is 0 Å². The number of aromatic nitrogens is 2. The number of nitrogens with zero attached hydrogens (tertiary/aromatic N) is 2. The third-order valence-electron chi connectivity index (χ3n) is 3.04. The molecule has 0 spiro atoms. The Labute approximate surface area is 125 Å². The van der Waals surface area contributed by atoms with Crippen molar-refractivity contribution in [3.05, 3.63) is 52.8 Å². The highest BCUT2D eigenvalue weighted by Crippen LogP contribution is 2.29. The second-order valence-corrected chi connectivity index (χ2v) is 5.46. The molecule has 5 heteroatoms. The van der Waals surface area contributed by atoms with Gasteiger partial charge in [-0.3, -0.25) is 0 Å². The average molecular weight is 329 g/mol. The number of hydrogen-bond acceptors (Lipinski definition) is 4. The Kier molecular flexibility index (Phi) is 3.28. The number of nitrogen functional groups attached to an aromatic ring is 1. The molecule has 3 aromatic rings. The number of hydrogen-bond donors (Lipinski definition) is 2. The lowest BCUT2D eigenvalue weighted by Gasteiger charge is -2.10. The van der Waals surface area contributed by atoms with E-state index >= 15 is 0 Å². The van der Waals surface area contributed by atoms with Crippen LogP contribution in [0.5, 0.6) is 0 Å². The molecule has 0 amide bonds. The molecular formula is C15H13BrN4. The summed E-state index contributed by atoms with van der Waals surface area (Å²) < 4.78 is 1.000. The summed E-state index contributed by atoms with van der Waals surface area (Å²) in [7, 11) is 0. The smallest absolute Gasteiger partial charge is 0.141 e. The van der Waals surface area contributed by atoms with E-state index < -0.39 is 0 Å². The van der Waals surface area contributed by atoms with Crippen LogP contribution in [0.25, 0.3) is 10.9 Å². The monoisotopic (exact) mass is 328 g/mol. The van der Waals surface area contributed by atoms with Crippen molar-refractivity contribution in [2.24, 2.45) is 0 Å². The Morgan fingerprint density at radius 3 is 2.75 bits per heavy atom. The summed E-state index contributed by atoms with van der Waals surface area (Å²) in [6.45, 7) is 2.05. The number of nitrogens with two attached hydrogens (primary N) is 1. The molecule has 2 aromatic carbocycles. The predicted molar refractivity (Wildman–Crippen MR) is 86.1 cm³/mol. The minimum Gasteiger partial charge on any atom is -0.399 e. The van der Waals surface area contributed by atoms with Crippen LogP contribution in [-0.2, 0) is 0 Å². The summed E-state index contributed by atoms with van der Waals surface area (Å²) in [5, 5.41) is 4.26. The Bertz CT molecular complexity index is 786. The van der Waals surface area contributed by atoms with E-state index in [0.717, 1.165) is 26.9 Å². The second-order valence-electron chi connectivity index (χ2n) is 4.61. The highest BCUT2D eigenvalue weighted by molar-refractivity contribution is 9.10. The largest absolute Gasteiger partial charge is 0.399 e. The van der Waals surface area contributed by atoms with Crippen molar-refractivity contribution >= 4 is 44.0 Å². The van der Waals surface area contributed by atoms with Gasteiger partial charge in [-0.2, -0.15) is 0 Å². The van der Waals surface area contributed by atoms with Crippen LogP contribution in [0.3, 0.4) is 0 Å². The normalized spacial score (nSPS) is 10.7. The van der Waals surface area contributed by atoms with Gasteiger partial charge in [-0.25, -0.2) is 9.97 Å². The maximum absolute atomic E-state index is 5.78. The minimum atomic E-state index is 0.693. The predicted octanol–water partition coefficient (Wildman–Crippen LogP) is 4.03. The summed E-state index contributed by atoms with van der Waals surface area (Å²) >= 11 is 3.55. The highest BCUT2D eigenvalue weighted by atomic mass is 79.9. The van der Waals surface area contributed by atoms with E-state index in [4.69, 9.17) is 5.73 Å². The third kappa shape index (κ3) is 2.44. The van der Waals surface area contributed by atoms with Crippen LogP contribution in [0.4, 0.5) is 17.2 Å². The van der Waals surface area contributed by atoms with E-state index in [-0.39, 0.29) is 0 Å². The molecule has 0 aliphatic rings. The van der Waals surface area contributed by atoms with Gasteiger partial charge < -0.3 is 11.1 Å². The van der Waals surface area contributed by atoms with Crippen molar-refractivity contribution in [2.45, 2.75) is 6.92 Å². The van der Waals surface area contributed by atoms with Crippen molar-refractivity contribution in [3.63, 3.8) is 0 Å². The first-order valence-corrected chi connectivity index (χ1v) is 6.96. The van der Waals surface area contributed by atoms with Gasteiger partial charge in [0.15, 0.2) is 0 Å². The first kappa shape index (κ1) is 12.9. The number of aryl methyl sites for hydroxylation is 1. The zero-order chi connectivity index (χ0) is 14.1. The maximum Gasteiger partial charge on any atom is 0.141 e. The van der Waals surface area contributed by atoms with E-state index in [1.54, 1.807) is 0 Å². The number of nitrogens with one attached hydrogen (secondary N) is 1. The molecule has 1 heterocycles. The van der Waals surface area contributed by atoms with Crippen molar-refractivity contribution in [1.82, 2.24) is 9.97 Å². The average Bonchev–Trinajstić information content (AvgIpc) is 2.41. The van der Waals surface area contributed by atoms with Crippen LogP contribution in [0.2, 0.25) is 0 Å². The molecule has 0 atom stereocenters. The van der Waals surface area contributed by atoms with Gasteiger partial charge in [0.05, 0.1) is 11.2 Å². The Morgan fingerprint density at radius 1 is 1.10 bits per heavy atom. The molecule has 0 aliphatic heterocycles. The van der Waals surface area contributed by atoms with E-state index in [0.29, 0.717) is 5.69 Å². The summed E-state index contributed by atoms with van der Waals surface area (Å²) in [5.74, 6) is 0.763. The number of anilines is 3. The zero-order valence-electron chi connectivity index (χ0n) is 10.9. The zero-order valence-corrected chi connectivity index (χ0v) is 12.5. The Hall–Kier alpha value is -2.14. The first-order chi connectivity index (χ1) is 9.63. The van der Waals surface area contributed by atoms with Gasteiger partial charge in [0, 0.05) is 15.5 Å². The highest BCUT2D eigenvalue weighted by Gasteiger charge is 2.06. The first-order valence-electron chi connectivity index (χ1n) is 6.17. The molecule has 0 saturated heterocycles. The topological polar surface area (TPSA) is 63.8 Å². The van der Waals surface area contributed by atoms with Crippen molar-refractivity contribution in [2.75, 3.05) is 11.1 Å². The van der Waals surface area contributed by atoms with Crippen molar-refractivity contribution in [3.8, 4) is 0 Å². The van der Waals surface area contributed by atoms with Gasteiger partial charge in [-0.15, -0.1) is 0 Å². The van der Waals surface area contributed by atoms with Crippen LogP contribution < -0.4 is 11.1 Å². The van der Waals surface area contributed by atoms with E-state index in [1.165, 1.54) is 11.9 Å². The van der Waals surface area contributed by atoms with Gasteiger partial charge in [0.25, 0.3) is 0 Å². The number of halogens is 1. The molecule has 0 unspecified atom stereocenters. The number of benzene rings is 2. The third-order valence-corrected chi connectivity index (χ3v) is 3.69. The molecule has 0 fully saturated rings. The summed E-state index contributed by atoms with van der Waals surface area (Å²) in [6.07, 6.45) is 1.53. The van der Waals surface area contributed by atoms with Gasteiger partial charge in [0.1, 0.15) is 12.1 Å². The second kappa shape index (κ2) is 5.09. The molecule has 1 aromatic heterocycles. The van der Waals surface area contributed by atoms with Crippen molar-refractivity contribution < 1.29 is 0 Å². The van der Waals surface area contributed by atoms with Gasteiger partial charge >= 0.3 is 0 Å². The molecule has 0 aliphatic carbocycles. The molecule has 0 saturated carbocycles. The van der Waals surface area contributed by atoms with Crippen LogP contribution in [0, 0.1) is 6.92 Å². The van der Waals surface area contributed by atoms with Crippen LogP contribution in [0.1, 0.15) is 5.56 Å². The number of fused-ring (bicyclic) bond motifs is 1. The lowest BCUT2D eigenvalue weighted by Crippen LogP contribution is -1.97. The summed E-state index contributed by atoms with van der Waals surface area (Å²) in [6, 6.07) is 11.7. The number of rotatable bonds is 2. The van der Waals surface area contributed by atoms with Crippen LogP contribution >= 0.6 is 15.9 Å². The Balaban J connectivity index is 2.06. The van der Waals surface area contributed by atoms with Gasteiger partial charge in [-0.1, -0.05) is 6.07 Å². The summed E-state index contributed by atoms with van der Waals surface area (Å²) in [5.41, 5.74) is 9.46. The molecule has 3 rings (SSSR count). The molecule has 0 bridgehead atoms. The maximum atomic E-state index is 5.78. The fourth-order valence-corrected chi connectivity index (χ4v) is 2.62. The molecule has 100 valence electrons. The molecule has 4 nitrogen and oxygen atoms in total. The fraction of sp³-hybridized carbons (Fsp3) is 0.0667. The van der Waals surface area contributed by atoms with Crippen molar-refractivity contribution in [1.29, 1.82) is 0 Å². The molecular weight excluding hydrogens is 316 g/mol. The van der Waals surface area contributed by atoms with Crippen LogP contribution in [-0.4, -0.2) is 9.97 Å². The van der Waals surface area contributed by atoms with E-state index in [2.05, 4.69) is 50.3 Å². The summed E-state index contributed by atoms with van der Waals surface area (Å²) in [4.78, 5) is 8.55. The quantitative estimate of drug-likeness (QED) is 0.697. The molecule has 3 N–H and O–H groups in total. The van der Waals surface area contributed by atoms with E-state index in [1.807, 2.05) is 24.3 Å². The van der Waals surface area contributed by atoms with E-state index in [9.17, 15) is 0 Å². The molecule has 20 heavy (non-hydrogen) atoms. The van der Waals surface area contributed by atoms with Crippen LogP contribution in [0.15, 0.2) is 47.2 Å². The molecule has 0 radical (unpaired) electrons.